The van der Waals surface area contributed by atoms with E-state index in [1.165, 1.54) is 128 Å². The number of rotatable bonds is 51. The monoisotopic (exact) mass is 978 g/mol. The maximum absolute atomic E-state index is 13.5. The summed E-state index contributed by atoms with van der Waals surface area (Å²) in [6.45, 7) is 6.89. The van der Waals surface area contributed by atoms with E-state index in [2.05, 4.69) is 62.5 Å². The molecule has 10 heteroatoms. The van der Waals surface area contributed by atoms with Gasteiger partial charge >= 0.3 is 13.8 Å². The molecule has 0 saturated heterocycles. The number of hydrogen-bond donors (Lipinski definition) is 2. The lowest BCUT2D eigenvalue weighted by molar-refractivity contribution is -0.870. The zero-order valence-electron chi connectivity index (χ0n) is 45.3. The minimum Gasteiger partial charge on any atom is -0.456 e. The first kappa shape index (κ1) is 66.0. The number of likely N-dealkylation sites (N-methyl/N-ethyl adjacent to an activating group) is 1. The van der Waals surface area contributed by atoms with Crippen molar-refractivity contribution in [2.75, 3.05) is 40.9 Å². The summed E-state index contributed by atoms with van der Waals surface area (Å²) in [4.78, 5) is 37.5. The number of amides is 1. The van der Waals surface area contributed by atoms with Gasteiger partial charge in [-0.15, -0.1) is 0 Å². The van der Waals surface area contributed by atoms with E-state index in [0.717, 1.165) is 96.3 Å². The van der Waals surface area contributed by atoms with Gasteiger partial charge in [-0.3, -0.25) is 18.6 Å². The maximum Gasteiger partial charge on any atom is 0.472 e. The molecule has 0 heterocycles. The van der Waals surface area contributed by atoms with Crippen molar-refractivity contribution in [2.24, 2.45) is 0 Å². The number of carbonyl (C=O) groups is 2. The molecule has 68 heavy (non-hydrogen) atoms. The quantitative estimate of drug-likeness (QED) is 0.0205. The Kier molecular flexibility index (Phi) is 47.1. The van der Waals surface area contributed by atoms with Gasteiger partial charge in [0.1, 0.15) is 19.3 Å². The van der Waals surface area contributed by atoms with Gasteiger partial charge in [-0.05, 0) is 83.1 Å². The van der Waals surface area contributed by atoms with E-state index < -0.39 is 20.0 Å². The predicted molar refractivity (Wildman–Crippen MR) is 291 cm³/mol. The van der Waals surface area contributed by atoms with Crippen LogP contribution in [0.5, 0.6) is 0 Å². The third-order valence-electron chi connectivity index (χ3n) is 12.5. The van der Waals surface area contributed by atoms with Gasteiger partial charge in [-0.1, -0.05) is 211 Å². The highest BCUT2D eigenvalue weighted by Crippen LogP contribution is 2.43. The van der Waals surface area contributed by atoms with E-state index in [0.29, 0.717) is 17.4 Å². The van der Waals surface area contributed by atoms with Crippen molar-refractivity contribution in [3.8, 4) is 0 Å². The molecule has 0 saturated carbocycles. The van der Waals surface area contributed by atoms with Crippen LogP contribution in [0.1, 0.15) is 258 Å². The van der Waals surface area contributed by atoms with E-state index in [-0.39, 0.29) is 31.5 Å². The molecule has 3 unspecified atom stereocenters. The Bertz CT molecular complexity index is 1310. The Morgan fingerprint density at radius 2 is 0.941 bits per heavy atom. The standard InChI is InChI=1S/C58H109N2O7P/c1-7-10-13-16-19-22-25-27-29-30-31-32-35-38-41-44-47-50-57(61)59-55(54-66-68(63,64)65-53-52-60(4,5)6)56(49-46-43-40-37-34-24-21-18-15-12-9-3)67-58(62)51-48-45-42-39-36-33-28-26-23-20-17-14-11-8-2/h11,14,20,23,27,29,46,49,55-56H,7-10,12-13,15-19,21-22,24-26,28,30-45,47-48,50-54H2,1-6H3,(H-,59,61,63,64)/p+1/b14-11+,23-20+,29-27+,49-46+. The van der Waals surface area contributed by atoms with Crippen LogP contribution in [-0.2, 0) is 27.9 Å². The Labute approximate surface area is 420 Å². The van der Waals surface area contributed by atoms with Crippen molar-refractivity contribution in [3.63, 3.8) is 0 Å². The fraction of sp³-hybridized carbons (Fsp3) is 0.828. The van der Waals surface area contributed by atoms with E-state index in [1.54, 1.807) is 0 Å². The molecule has 0 aliphatic heterocycles. The lowest BCUT2D eigenvalue weighted by Crippen LogP contribution is -2.47. The zero-order valence-corrected chi connectivity index (χ0v) is 46.2. The number of allylic oxidation sites excluding steroid dienone is 7. The molecular formula is C58H110N2O7P+. The topological polar surface area (TPSA) is 111 Å². The molecule has 3 atom stereocenters. The van der Waals surface area contributed by atoms with Crippen LogP contribution in [0.4, 0.5) is 0 Å². The molecule has 9 nitrogen and oxygen atoms in total. The van der Waals surface area contributed by atoms with Gasteiger partial charge in [0.25, 0.3) is 0 Å². The zero-order chi connectivity index (χ0) is 50.1. The number of quaternary nitrogens is 1. The van der Waals surface area contributed by atoms with Crippen LogP contribution in [0.15, 0.2) is 48.6 Å². The molecule has 0 radical (unpaired) electrons. The second kappa shape index (κ2) is 48.6. The van der Waals surface area contributed by atoms with E-state index in [9.17, 15) is 19.0 Å². The molecule has 0 aliphatic rings. The van der Waals surface area contributed by atoms with Gasteiger partial charge in [0.2, 0.25) is 5.91 Å². The van der Waals surface area contributed by atoms with Crippen molar-refractivity contribution in [2.45, 2.75) is 270 Å². The molecule has 1 amide bonds. The van der Waals surface area contributed by atoms with Gasteiger partial charge in [0.15, 0.2) is 0 Å². The molecule has 2 N–H and O–H groups in total. The fourth-order valence-corrected chi connectivity index (χ4v) is 8.83. The molecule has 0 aromatic heterocycles. The van der Waals surface area contributed by atoms with Crippen molar-refractivity contribution >= 4 is 19.7 Å². The SMILES string of the molecule is CC/C=C/C/C=C/CCCCCCCCCC(=O)OC(/C=C/CCCCCCCCCCC)C(COP(=O)(O)OCC[N+](C)(C)C)NC(=O)CCCCCCCCC/C=C/CCCCCCCC. The average Bonchev–Trinajstić information content (AvgIpc) is 3.29. The van der Waals surface area contributed by atoms with E-state index >= 15 is 0 Å². The maximum atomic E-state index is 13.5. The Morgan fingerprint density at radius 3 is 1.41 bits per heavy atom. The van der Waals surface area contributed by atoms with Crippen LogP contribution in [0, 0.1) is 0 Å². The molecule has 0 aromatic carbocycles. The fourth-order valence-electron chi connectivity index (χ4n) is 8.09. The third-order valence-corrected chi connectivity index (χ3v) is 13.5. The molecule has 0 rings (SSSR count). The number of unbranched alkanes of at least 4 members (excludes halogenated alkanes) is 29. The minimum atomic E-state index is -4.44. The van der Waals surface area contributed by atoms with Crippen molar-refractivity contribution in [1.29, 1.82) is 0 Å². The molecule has 0 spiro atoms. The first-order valence-electron chi connectivity index (χ1n) is 28.5. The van der Waals surface area contributed by atoms with E-state index in [1.807, 2.05) is 33.3 Å². The number of nitrogens with zero attached hydrogens (tertiary/aromatic N) is 1. The Balaban J connectivity index is 5.32. The first-order chi connectivity index (χ1) is 32.9. The third kappa shape index (κ3) is 49.0. The summed E-state index contributed by atoms with van der Waals surface area (Å²) >= 11 is 0. The van der Waals surface area contributed by atoms with Crippen LogP contribution in [0.2, 0.25) is 0 Å². The van der Waals surface area contributed by atoms with Crippen LogP contribution in [-0.4, -0.2) is 74.3 Å². The number of phosphoric ester groups is 1. The van der Waals surface area contributed by atoms with Crippen LogP contribution < -0.4 is 5.32 Å². The number of phosphoric acid groups is 1. The Morgan fingerprint density at radius 1 is 0.529 bits per heavy atom. The summed E-state index contributed by atoms with van der Waals surface area (Å²) in [6.07, 6.45) is 58.2. The van der Waals surface area contributed by atoms with Gasteiger partial charge < -0.3 is 19.4 Å². The van der Waals surface area contributed by atoms with E-state index in [4.69, 9.17) is 13.8 Å². The number of hydrogen-bond acceptors (Lipinski definition) is 6. The predicted octanol–water partition coefficient (Wildman–Crippen LogP) is 16.9. The summed E-state index contributed by atoms with van der Waals surface area (Å²) in [5, 5.41) is 3.04. The summed E-state index contributed by atoms with van der Waals surface area (Å²) in [5.74, 6) is -0.517. The normalized spacial score (nSPS) is 14.2. The van der Waals surface area contributed by atoms with Crippen LogP contribution in [0.3, 0.4) is 0 Å². The van der Waals surface area contributed by atoms with Crippen molar-refractivity contribution < 1.29 is 37.3 Å². The summed E-state index contributed by atoms with van der Waals surface area (Å²) in [6, 6.07) is -0.851. The minimum absolute atomic E-state index is 0.0380. The lowest BCUT2D eigenvalue weighted by Gasteiger charge is -2.27. The molecule has 0 fully saturated rings. The largest absolute Gasteiger partial charge is 0.472 e. The number of carbonyl (C=O) groups excluding carboxylic acids is 2. The van der Waals surface area contributed by atoms with Crippen LogP contribution >= 0.6 is 7.82 Å². The smallest absolute Gasteiger partial charge is 0.456 e. The highest BCUT2D eigenvalue weighted by Gasteiger charge is 2.30. The number of esters is 1. The molecule has 398 valence electrons. The number of nitrogens with one attached hydrogen (secondary N) is 1. The molecule has 0 bridgehead atoms. The van der Waals surface area contributed by atoms with Crippen molar-refractivity contribution in [1.82, 2.24) is 5.32 Å². The van der Waals surface area contributed by atoms with Gasteiger partial charge in [0, 0.05) is 12.8 Å². The van der Waals surface area contributed by atoms with Gasteiger partial charge in [-0.25, -0.2) is 4.57 Å². The number of ether oxygens (including phenoxy) is 1. The summed E-state index contributed by atoms with van der Waals surface area (Å²) in [7, 11) is 1.49. The second-order valence-electron chi connectivity index (χ2n) is 20.4. The first-order valence-corrected chi connectivity index (χ1v) is 30.0. The molecular weight excluding hydrogens is 868 g/mol. The van der Waals surface area contributed by atoms with Crippen molar-refractivity contribution in [3.05, 3.63) is 48.6 Å². The molecule has 0 aliphatic carbocycles. The lowest BCUT2D eigenvalue weighted by atomic mass is 10.1. The summed E-state index contributed by atoms with van der Waals surface area (Å²) in [5.41, 5.74) is 0. The second-order valence-corrected chi connectivity index (χ2v) is 21.9. The highest BCUT2D eigenvalue weighted by atomic mass is 31.2. The summed E-state index contributed by atoms with van der Waals surface area (Å²) < 4.78 is 30.6. The van der Waals surface area contributed by atoms with Crippen LogP contribution in [0.25, 0.3) is 0 Å². The van der Waals surface area contributed by atoms with Gasteiger partial charge in [0.05, 0.1) is 33.8 Å². The van der Waals surface area contributed by atoms with Gasteiger partial charge in [-0.2, -0.15) is 0 Å². The highest BCUT2D eigenvalue weighted by molar-refractivity contribution is 7.47. The Hall–Kier alpha value is -2.03. The average molecular weight is 978 g/mol. The molecule has 0 aromatic rings.